The molecule has 11 heteroatoms. The number of rotatable bonds is 6. The van der Waals surface area contributed by atoms with Crippen molar-refractivity contribution in [1.29, 1.82) is 0 Å². The Kier molecular flexibility index (Phi) is 8.16. The topological polar surface area (TPSA) is 91.1 Å². The number of hydrogen-bond acceptors (Lipinski definition) is 7. The van der Waals surface area contributed by atoms with E-state index in [0.717, 1.165) is 23.6 Å². The van der Waals surface area contributed by atoms with Gasteiger partial charge in [0.2, 0.25) is 0 Å². The van der Waals surface area contributed by atoms with Gasteiger partial charge in [-0.1, -0.05) is 35.9 Å². The van der Waals surface area contributed by atoms with E-state index in [0.29, 0.717) is 42.8 Å². The number of anilines is 1. The van der Waals surface area contributed by atoms with Gasteiger partial charge in [-0.05, 0) is 95.2 Å². The van der Waals surface area contributed by atoms with Gasteiger partial charge < -0.3 is 19.6 Å². The molecule has 9 nitrogen and oxygen atoms in total. The molecule has 0 spiro atoms. The third-order valence-corrected chi connectivity index (χ3v) is 8.92. The van der Waals surface area contributed by atoms with Crippen LogP contribution in [-0.4, -0.2) is 82.0 Å². The van der Waals surface area contributed by atoms with Gasteiger partial charge in [-0.15, -0.1) is 0 Å². The number of carbonyl (C=O) groups excluding carboxylic acids is 1. The van der Waals surface area contributed by atoms with Gasteiger partial charge in [0.05, 0.1) is 22.6 Å². The van der Waals surface area contributed by atoms with Crippen LogP contribution in [0.25, 0.3) is 32.8 Å². The van der Waals surface area contributed by atoms with Crippen molar-refractivity contribution in [3.63, 3.8) is 0 Å². The Hall–Kier alpha value is -3.89. The van der Waals surface area contributed by atoms with E-state index in [1.54, 1.807) is 12.1 Å². The standard InChI is InChI=1S/C34H39ClFN5O4/c1-34(2,3)45-33(44)41-21-11-12-22(41)19-39(18-21)31-26-17-27(35)28(25-16-23(42)15-20-9-6-7-10-24(20)25)29(36)30(26)40(32(43)37-31)14-8-13-38(4)5/h6-7,9-10,15-17,21-22,42H,8,11-14,18-19H2,1-5H3. The first-order chi connectivity index (χ1) is 21.3. The number of aromatic hydroxyl groups is 1. The molecule has 2 atom stereocenters. The van der Waals surface area contributed by atoms with Gasteiger partial charge in [-0.3, -0.25) is 9.47 Å². The maximum absolute atomic E-state index is 17.1. The van der Waals surface area contributed by atoms with E-state index in [-0.39, 0.29) is 46.6 Å². The summed E-state index contributed by atoms with van der Waals surface area (Å²) in [5.74, 6) is -0.307. The maximum atomic E-state index is 17.1. The SMILES string of the molecule is CN(C)CCCn1c(=O)nc(N2CC3CCC(C2)N3C(=O)OC(C)(C)C)c2cc(Cl)c(-c3cc(O)cc4ccccc34)c(F)c21. The molecule has 4 aromatic rings. The van der Waals surface area contributed by atoms with Crippen molar-refractivity contribution in [2.24, 2.45) is 0 Å². The van der Waals surface area contributed by atoms with E-state index in [1.165, 1.54) is 10.6 Å². The summed E-state index contributed by atoms with van der Waals surface area (Å²) in [6.07, 6.45) is 1.85. The van der Waals surface area contributed by atoms with E-state index >= 15 is 4.39 Å². The molecule has 3 aromatic carbocycles. The first-order valence-corrected chi connectivity index (χ1v) is 15.8. The Morgan fingerprint density at radius 3 is 2.47 bits per heavy atom. The third kappa shape index (κ3) is 5.93. The number of benzene rings is 3. The lowest BCUT2D eigenvalue weighted by molar-refractivity contribution is 0.0123. The first kappa shape index (κ1) is 31.1. The van der Waals surface area contributed by atoms with Gasteiger partial charge in [0.25, 0.3) is 0 Å². The van der Waals surface area contributed by atoms with E-state index in [4.69, 9.17) is 16.3 Å². The number of piperazine rings is 1. The summed E-state index contributed by atoms with van der Waals surface area (Å²) in [5.41, 5.74) is -0.493. The highest BCUT2D eigenvalue weighted by molar-refractivity contribution is 6.35. The van der Waals surface area contributed by atoms with E-state index in [9.17, 15) is 14.7 Å². The lowest BCUT2D eigenvalue weighted by Crippen LogP contribution is -2.57. The Morgan fingerprint density at radius 2 is 1.80 bits per heavy atom. The summed E-state index contributed by atoms with van der Waals surface area (Å²) in [5, 5.41) is 12.6. The number of aryl methyl sites for hydroxylation is 1. The second-order valence-electron chi connectivity index (χ2n) is 13.4. The summed E-state index contributed by atoms with van der Waals surface area (Å²) in [6.45, 7) is 7.36. The van der Waals surface area contributed by atoms with Crippen LogP contribution in [0.3, 0.4) is 0 Å². The summed E-state index contributed by atoms with van der Waals surface area (Å²) >= 11 is 6.91. The van der Waals surface area contributed by atoms with E-state index in [1.807, 2.05) is 73.8 Å². The van der Waals surface area contributed by atoms with Gasteiger partial charge in [-0.25, -0.2) is 14.0 Å². The summed E-state index contributed by atoms with van der Waals surface area (Å²) in [4.78, 5) is 37.1. The van der Waals surface area contributed by atoms with Crippen molar-refractivity contribution in [3.8, 4) is 16.9 Å². The number of aromatic nitrogens is 2. The van der Waals surface area contributed by atoms with Crippen LogP contribution in [-0.2, 0) is 11.3 Å². The number of ether oxygens (including phenoxy) is 1. The summed E-state index contributed by atoms with van der Waals surface area (Å²) in [6, 6.07) is 11.9. The number of phenols is 1. The number of fused-ring (bicyclic) bond motifs is 4. The molecule has 2 bridgehead atoms. The molecule has 1 amide bonds. The highest BCUT2D eigenvalue weighted by Crippen LogP contribution is 2.43. The Labute approximate surface area is 266 Å². The predicted octanol–water partition coefficient (Wildman–Crippen LogP) is 6.25. The molecular weight excluding hydrogens is 597 g/mol. The quantitative estimate of drug-likeness (QED) is 0.268. The van der Waals surface area contributed by atoms with Crippen LogP contribution < -0.4 is 10.6 Å². The van der Waals surface area contributed by atoms with Crippen molar-refractivity contribution in [2.45, 2.75) is 64.3 Å². The van der Waals surface area contributed by atoms with Gasteiger partial charge in [0.15, 0.2) is 5.82 Å². The van der Waals surface area contributed by atoms with Crippen LogP contribution in [0.1, 0.15) is 40.0 Å². The molecule has 0 saturated carbocycles. The second kappa shape index (κ2) is 11.8. The highest BCUT2D eigenvalue weighted by atomic mass is 35.5. The monoisotopic (exact) mass is 635 g/mol. The normalized spacial score (nSPS) is 18.4. The van der Waals surface area contributed by atoms with E-state index < -0.39 is 17.1 Å². The molecule has 1 aromatic heterocycles. The Morgan fingerprint density at radius 1 is 1.11 bits per heavy atom. The first-order valence-electron chi connectivity index (χ1n) is 15.4. The molecule has 2 aliphatic heterocycles. The van der Waals surface area contributed by atoms with Crippen LogP contribution in [0.4, 0.5) is 15.0 Å². The molecule has 0 radical (unpaired) electrons. The van der Waals surface area contributed by atoms with Crippen molar-refractivity contribution in [1.82, 2.24) is 19.4 Å². The fraction of sp³-hybridized carbons (Fsp3) is 0.441. The van der Waals surface area contributed by atoms with Crippen molar-refractivity contribution >= 4 is 45.2 Å². The van der Waals surface area contributed by atoms with Crippen molar-refractivity contribution in [2.75, 3.05) is 38.6 Å². The zero-order chi connectivity index (χ0) is 32.2. The number of amides is 1. The molecule has 1 N–H and O–H groups in total. The lowest BCUT2D eigenvalue weighted by Gasteiger charge is -2.42. The predicted molar refractivity (Wildman–Crippen MR) is 176 cm³/mol. The third-order valence-electron chi connectivity index (χ3n) is 8.62. The number of carbonyl (C=O) groups is 1. The maximum Gasteiger partial charge on any atom is 0.410 e. The number of phenolic OH excluding ortho intramolecular Hbond substituents is 1. The minimum Gasteiger partial charge on any atom is -0.508 e. The molecule has 2 saturated heterocycles. The molecular formula is C34H39ClFN5O4. The van der Waals surface area contributed by atoms with Gasteiger partial charge in [0, 0.05) is 30.6 Å². The molecule has 6 rings (SSSR count). The Balaban J connectivity index is 1.50. The fourth-order valence-corrected chi connectivity index (χ4v) is 7.07. The summed E-state index contributed by atoms with van der Waals surface area (Å²) in [7, 11) is 3.89. The molecule has 238 valence electrons. The summed E-state index contributed by atoms with van der Waals surface area (Å²) < 4.78 is 24.2. The fourth-order valence-electron chi connectivity index (χ4n) is 6.78. The second-order valence-corrected chi connectivity index (χ2v) is 13.8. The van der Waals surface area contributed by atoms with E-state index in [2.05, 4.69) is 4.98 Å². The highest BCUT2D eigenvalue weighted by Gasteiger charge is 2.45. The molecule has 2 unspecified atom stereocenters. The molecule has 3 heterocycles. The van der Waals surface area contributed by atoms with Crippen LogP contribution in [0, 0.1) is 5.82 Å². The van der Waals surface area contributed by atoms with Crippen LogP contribution in [0.15, 0.2) is 47.3 Å². The van der Waals surface area contributed by atoms with Crippen molar-refractivity contribution < 1.29 is 19.0 Å². The van der Waals surface area contributed by atoms with Crippen LogP contribution >= 0.6 is 11.6 Å². The van der Waals surface area contributed by atoms with Crippen LogP contribution in [0.5, 0.6) is 5.75 Å². The Bertz CT molecular complexity index is 1840. The minimum absolute atomic E-state index is 0.0172. The smallest absolute Gasteiger partial charge is 0.410 e. The van der Waals surface area contributed by atoms with Gasteiger partial charge >= 0.3 is 11.8 Å². The van der Waals surface area contributed by atoms with Crippen LogP contribution in [0.2, 0.25) is 5.02 Å². The number of hydrogen-bond donors (Lipinski definition) is 1. The van der Waals surface area contributed by atoms with Gasteiger partial charge in [-0.2, -0.15) is 4.98 Å². The molecule has 2 aliphatic rings. The lowest BCUT2D eigenvalue weighted by atomic mass is 9.96. The largest absolute Gasteiger partial charge is 0.508 e. The average Bonchev–Trinajstić information content (AvgIpc) is 3.22. The van der Waals surface area contributed by atoms with Gasteiger partial charge in [0.1, 0.15) is 17.2 Å². The zero-order valence-corrected chi connectivity index (χ0v) is 27.1. The number of halogens is 2. The average molecular weight is 636 g/mol. The molecule has 2 fully saturated rings. The zero-order valence-electron chi connectivity index (χ0n) is 26.3. The molecule has 45 heavy (non-hydrogen) atoms. The molecule has 0 aliphatic carbocycles. The minimum atomic E-state index is -0.644. The number of nitrogens with zero attached hydrogens (tertiary/aromatic N) is 5. The van der Waals surface area contributed by atoms with Crippen molar-refractivity contribution in [3.05, 3.63) is 63.8 Å².